The quantitative estimate of drug-likeness (QED) is 0.507. The topological polar surface area (TPSA) is 154 Å². The van der Waals surface area contributed by atoms with E-state index in [-0.39, 0.29) is 28.7 Å². The summed E-state index contributed by atoms with van der Waals surface area (Å²) in [6.07, 6.45) is 0.627. The van der Waals surface area contributed by atoms with Crippen molar-refractivity contribution in [3.63, 3.8) is 0 Å². The first-order valence-corrected chi connectivity index (χ1v) is 12.9. The summed E-state index contributed by atoms with van der Waals surface area (Å²) < 4.78 is 61.1. The van der Waals surface area contributed by atoms with Crippen molar-refractivity contribution in [2.75, 3.05) is 19.8 Å². The predicted molar refractivity (Wildman–Crippen MR) is 116 cm³/mol. The van der Waals surface area contributed by atoms with Crippen LogP contribution in [0.1, 0.15) is 31.4 Å². The Morgan fingerprint density at radius 2 is 1.62 bits per heavy atom. The summed E-state index contributed by atoms with van der Waals surface area (Å²) >= 11 is 0. The summed E-state index contributed by atoms with van der Waals surface area (Å²) in [6.45, 7) is 2.57. The van der Waals surface area contributed by atoms with Gasteiger partial charge in [-0.3, -0.25) is 4.79 Å². The fourth-order valence-corrected chi connectivity index (χ4v) is 4.60. The van der Waals surface area contributed by atoms with Gasteiger partial charge in [0.25, 0.3) is 0 Å². The summed E-state index contributed by atoms with van der Waals surface area (Å²) in [5, 5.41) is 7.81. The van der Waals surface area contributed by atoms with Crippen LogP contribution in [0.4, 0.5) is 0 Å². The number of primary sulfonamides is 1. The van der Waals surface area contributed by atoms with Gasteiger partial charge in [0.2, 0.25) is 26.0 Å². The van der Waals surface area contributed by atoms with Gasteiger partial charge in [0, 0.05) is 25.5 Å². The molecule has 0 radical (unpaired) electrons. The third kappa shape index (κ3) is 6.19. The molecule has 2 aromatic rings. The van der Waals surface area contributed by atoms with Gasteiger partial charge in [0.05, 0.1) is 29.0 Å². The van der Waals surface area contributed by atoms with E-state index in [4.69, 9.17) is 14.6 Å². The summed E-state index contributed by atoms with van der Waals surface area (Å²) in [5.41, 5.74) is 0.679. The number of carbonyl (C=O) groups is 1. The molecule has 1 amide bonds. The van der Waals surface area contributed by atoms with E-state index < -0.39 is 26.1 Å². The Kier molecular flexibility index (Phi) is 7.39. The summed E-state index contributed by atoms with van der Waals surface area (Å²) in [5.74, 6) is 0.492. The first-order valence-electron chi connectivity index (χ1n) is 9.88. The van der Waals surface area contributed by atoms with Crippen molar-refractivity contribution in [2.24, 2.45) is 5.14 Å². The van der Waals surface area contributed by atoms with Crippen molar-refractivity contribution in [3.8, 4) is 11.5 Å². The lowest BCUT2D eigenvalue weighted by molar-refractivity contribution is -0.121. The smallest absolute Gasteiger partial charge is 0.240 e. The van der Waals surface area contributed by atoms with Gasteiger partial charge in [-0.15, -0.1) is 0 Å². The number of carbonyl (C=O) groups excluding carboxylic acids is 1. The molecule has 1 aliphatic rings. The molecule has 3 rings (SSSR count). The molecular weight excluding hydrogens is 458 g/mol. The number of sulfonamides is 2. The molecule has 12 heteroatoms. The molecular formula is C20H25N3O7S2. The normalized spacial score (nSPS) is 14.9. The molecule has 10 nitrogen and oxygen atoms in total. The number of benzene rings is 2. The van der Waals surface area contributed by atoms with Gasteiger partial charge in [-0.25, -0.2) is 26.7 Å². The van der Waals surface area contributed by atoms with Crippen molar-refractivity contribution < 1.29 is 31.1 Å². The van der Waals surface area contributed by atoms with Crippen LogP contribution in [0.2, 0.25) is 0 Å². The highest BCUT2D eigenvalue weighted by Crippen LogP contribution is 2.31. The Bertz CT molecular complexity index is 1180. The summed E-state index contributed by atoms with van der Waals surface area (Å²) in [4.78, 5) is 12.2. The highest BCUT2D eigenvalue weighted by Gasteiger charge is 2.19. The molecule has 0 spiro atoms. The second-order valence-corrected chi connectivity index (χ2v) is 10.5. The third-order valence-corrected chi connectivity index (χ3v) is 7.15. The lowest BCUT2D eigenvalue weighted by Crippen LogP contribution is -2.32. The standard InChI is InChI=1S/C20H25N3O7S2/c1-14(15-3-5-16(6-4-15)31(21,25)26)23-20(24)9-10-22-32(27,28)17-7-8-18-19(13-17)30-12-2-11-29-18/h3-8,13-14,22H,2,9-12H2,1H3,(H,23,24)(H2,21,25,26)/t14-/m1/s1. The average molecular weight is 484 g/mol. The van der Waals surface area contributed by atoms with E-state index >= 15 is 0 Å². The van der Waals surface area contributed by atoms with Gasteiger partial charge in [0.15, 0.2) is 11.5 Å². The number of rotatable bonds is 8. The Balaban J connectivity index is 1.53. The SMILES string of the molecule is C[C@@H](NC(=O)CCNS(=O)(=O)c1ccc2c(c1)OCCCO2)c1ccc(S(N)(=O)=O)cc1. The summed E-state index contributed by atoms with van der Waals surface area (Å²) in [7, 11) is -7.63. The predicted octanol–water partition coefficient (Wildman–Crippen LogP) is 1.04. The van der Waals surface area contributed by atoms with Crippen LogP contribution in [-0.2, 0) is 24.8 Å². The molecule has 2 aromatic carbocycles. The van der Waals surface area contributed by atoms with Gasteiger partial charge in [0.1, 0.15) is 0 Å². The van der Waals surface area contributed by atoms with Gasteiger partial charge < -0.3 is 14.8 Å². The monoisotopic (exact) mass is 483 g/mol. The van der Waals surface area contributed by atoms with E-state index in [1.807, 2.05) is 0 Å². The zero-order chi connectivity index (χ0) is 23.4. The van der Waals surface area contributed by atoms with Gasteiger partial charge in [-0.1, -0.05) is 12.1 Å². The number of amides is 1. The van der Waals surface area contributed by atoms with Crippen molar-refractivity contribution in [3.05, 3.63) is 48.0 Å². The highest BCUT2D eigenvalue weighted by molar-refractivity contribution is 7.89. The number of hydrogen-bond donors (Lipinski definition) is 3. The minimum absolute atomic E-state index is 0.0190. The Labute approximate surface area is 187 Å². The lowest BCUT2D eigenvalue weighted by Gasteiger charge is -2.15. The highest BCUT2D eigenvalue weighted by atomic mass is 32.2. The molecule has 1 atom stereocenters. The molecule has 1 heterocycles. The zero-order valence-corrected chi connectivity index (χ0v) is 19.0. The maximum Gasteiger partial charge on any atom is 0.240 e. The molecule has 0 aliphatic carbocycles. The van der Waals surface area contributed by atoms with Crippen molar-refractivity contribution in [1.82, 2.24) is 10.0 Å². The molecule has 0 unspecified atom stereocenters. The second-order valence-electron chi connectivity index (χ2n) is 7.21. The van der Waals surface area contributed by atoms with E-state index in [1.54, 1.807) is 25.1 Å². The van der Waals surface area contributed by atoms with Crippen molar-refractivity contribution in [2.45, 2.75) is 35.6 Å². The average Bonchev–Trinajstić information content (AvgIpc) is 2.98. The molecule has 1 aliphatic heterocycles. The minimum Gasteiger partial charge on any atom is -0.490 e. The fraction of sp³-hybridized carbons (Fsp3) is 0.350. The fourth-order valence-electron chi connectivity index (χ4n) is 3.04. The Morgan fingerprint density at radius 3 is 2.28 bits per heavy atom. The largest absolute Gasteiger partial charge is 0.490 e. The van der Waals surface area contributed by atoms with Crippen LogP contribution >= 0.6 is 0 Å². The van der Waals surface area contributed by atoms with E-state index in [9.17, 15) is 21.6 Å². The van der Waals surface area contributed by atoms with Crippen LogP contribution in [0.25, 0.3) is 0 Å². The number of nitrogens with one attached hydrogen (secondary N) is 2. The maximum absolute atomic E-state index is 12.5. The van der Waals surface area contributed by atoms with E-state index in [0.29, 0.717) is 36.7 Å². The first-order chi connectivity index (χ1) is 15.1. The number of hydrogen-bond acceptors (Lipinski definition) is 7. The van der Waals surface area contributed by atoms with E-state index in [2.05, 4.69) is 10.0 Å². The van der Waals surface area contributed by atoms with E-state index in [0.717, 1.165) is 0 Å². The van der Waals surface area contributed by atoms with Gasteiger partial charge >= 0.3 is 0 Å². The van der Waals surface area contributed by atoms with Crippen LogP contribution in [0, 0.1) is 0 Å². The van der Waals surface area contributed by atoms with Crippen LogP contribution in [-0.4, -0.2) is 42.5 Å². The minimum atomic E-state index is -3.83. The number of fused-ring (bicyclic) bond motifs is 1. The van der Waals surface area contributed by atoms with Gasteiger partial charge in [-0.2, -0.15) is 0 Å². The Hall–Kier alpha value is -2.67. The van der Waals surface area contributed by atoms with Crippen LogP contribution < -0.4 is 24.7 Å². The molecule has 0 aromatic heterocycles. The molecule has 0 fully saturated rings. The number of ether oxygens (including phenoxy) is 2. The van der Waals surface area contributed by atoms with Crippen LogP contribution in [0.3, 0.4) is 0 Å². The second kappa shape index (κ2) is 9.86. The number of nitrogens with two attached hydrogens (primary N) is 1. The molecule has 0 bridgehead atoms. The first kappa shape index (κ1) is 24.0. The van der Waals surface area contributed by atoms with Crippen molar-refractivity contribution >= 4 is 26.0 Å². The maximum atomic E-state index is 12.5. The van der Waals surface area contributed by atoms with Crippen LogP contribution in [0.5, 0.6) is 11.5 Å². The zero-order valence-electron chi connectivity index (χ0n) is 17.4. The summed E-state index contributed by atoms with van der Waals surface area (Å²) in [6, 6.07) is 9.78. The third-order valence-electron chi connectivity index (χ3n) is 4.76. The van der Waals surface area contributed by atoms with Crippen LogP contribution in [0.15, 0.2) is 52.3 Å². The molecule has 0 saturated heterocycles. The Morgan fingerprint density at radius 1 is 1.00 bits per heavy atom. The van der Waals surface area contributed by atoms with E-state index in [1.165, 1.54) is 24.3 Å². The molecule has 0 saturated carbocycles. The lowest BCUT2D eigenvalue weighted by atomic mass is 10.1. The van der Waals surface area contributed by atoms with Gasteiger partial charge in [-0.05, 0) is 36.8 Å². The van der Waals surface area contributed by atoms with Crippen molar-refractivity contribution in [1.29, 1.82) is 0 Å². The molecule has 4 N–H and O–H groups in total. The molecule has 32 heavy (non-hydrogen) atoms. The molecule has 174 valence electrons.